The van der Waals surface area contributed by atoms with E-state index in [1.54, 1.807) is 6.33 Å². The number of ether oxygens (including phenoxy) is 3. The first-order valence-electron chi connectivity index (χ1n) is 11.2. The van der Waals surface area contributed by atoms with Gasteiger partial charge >= 0.3 is 0 Å². The molecule has 34 heavy (non-hydrogen) atoms. The molecule has 5 rings (SSSR count). The Kier molecular flexibility index (Phi) is 6.31. The van der Waals surface area contributed by atoms with E-state index in [-0.39, 0.29) is 0 Å². The molecule has 8 nitrogen and oxygen atoms in total. The summed E-state index contributed by atoms with van der Waals surface area (Å²) in [5.41, 5.74) is 2.65. The molecule has 2 heterocycles. The van der Waals surface area contributed by atoms with Crippen molar-refractivity contribution in [1.82, 2.24) is 14.9 Å². The van der Waals surface area contributed by atoms with Crippen LogP contribution in [0.4, 0.5) is 17.2 Å². The fourth-order valence-electron chi connectivity index (χ4n) is 3.71. The second-order valence-corrected chi connectivity index (χ2v) is 8.18. The summed E-state index contributed by atoms with van der Waals surface area (Å²) < 4.78 is 17.9. The maximum Gasteiger partial charge on any atom is 0.169 e. The SMILES string of the molecule is CN(C)CCOc1ccccc1Oc1ccc(Nc2ncnc3ccc4c(c23)OCCN4)cc1. The summed E-state index contributed by atoms with van der Waals surface area (Å²) in [5.74, 6) is 3.58. The number of nitrogens with zero attached hydrogens (tertiary/aromatic N) is 3. The van der Waals surface area contributed by atoms with Crippen LogP contribution in [0.3, 0.4) is 0 Å². The van der Waals surface area contributed by atoms with Crippen LogP contribution >= 0.6 is 0 Å². The molecule has 0 saturated carbocycles. The Hall–Kier alpha value is -4.04. The maximum atomic E-state index is 6.10. The van der Waals surface area contributed by atoms with Crippen LogP contribution in [0.2, 0.25) is 0 Å². The molecule has 0 spiro atoms. The van der Waals surface area contributed by atoms with Gasteiger partial charge in [0.15, 0.2) is 17.2 Å². The van der Waals surface area contributed by atoms with Gasteiger partial charge in [0.2, 0.25) is 0 Å². The minimum atomic E-state index is 0.589. The topological polar surface area (TPSA) is 80.8 Å². The van der Waals surface area contributed by atoms with E-state index in [4.69, 9.17) is 14.2 Å². The summed E-state index contributed by atoms with van der Waals surface area (Å²) in [6.07, 6.45) is 1.55. The van der Waals surface area contributed by atoms with Crippen LogP contribution in [0.15, 0.2) is 67.0 Å². The molecule has 174 valence electrons. The van der Waals surface area contributed by atoms with Gasteiger partial charge in [-0.3, -0.25) is 0 Å². The third-order valence-electron chi connectivity index (χ3n) is 5.41. The Labute approximate surface area is 198 Å². The Morgan fingerprint density at radius 2 is 1.82 bits per heavy atom. The van der Waals surface area contributed by atoms with Gasteiger partial charge in [-0.25, -0.2) is 9.97 Å². The van der Waals surface area contributed by atoms with E-state index in [0.717, 1.165) is 46.9 Å². The van der Waals surface area contributed by atoms with E-state index in [2.05, 4.69) is 25.5 Å². The minimum Gasteiger partial charge on any atom is -0.489 e. The zero-order valence-corrected chi connectivity index (χ0v) is 19.2. The van der Waals surface area contributed by atoms with Crippen molar-refractivity contribution in [2.75, 3.05) is 51.0 Å². The molecule has 0 amide bonds. The van der Waals surface area contributed by atoms with Crippen molar-refractivity contribution >= 4 is 28.1 Å². The Morgan fingerprint density at radius 1 is 1.00 bits per heavy atom. The first-order valence-corrected chi connectivity index (χ1v) is 11.2. The van der Waals surface area contributed by atoms with E-state index in [9.17, 15) is 0 Å². The van der Waals surface area contributed by atoms with Crippen LogP contribution in [-0.2, 0) is 0 Å². The first kappa shape index (κ1) is 21.8. The summed E-state index contributed by atoms with van der Waals surface area (Å²) >= 11 is 0. The molecule has 0 unspecified atom stereocenters. The second kappa shape index (κ2) is 9.84. The average molecular weight is 458 g/mol. The highest BCUT2D eigenvalue weighted by molar-refractivity contribution is 5.99. The van der Waals surface area contributed by atoms with Gasteiger partial charge in [0.05, 0.1) is 16.6 Å². The summed E-state index contributed by atoms with van der Waals surface area (Å²) in [5, 5.41) is 7.61. The molecule has 2 N–H and O–H groups in total. The van der Waals surface area contributed by atoms with E-state index in [1.165, 1.54) is 0 Å². The van der Waals surface area contributed by atoms with Crippen molar-refractivity contribution < 1.29 is 14.2 Å². The minimum absolute atomic E-state index is 0.589. The predicted molar refractivity (Wildman–Crippen MR) is 134 cm³/mol. The Balaban J connectivity index is 1.33. The van der Waals surface area contributed by atoms with E-state index in [1.807, 2.05) is 74.8 Å². The van der Waals surface area contributed by atoms with Crippen molar-refractivity contribution in [3.63, 3.8) is 0 Å². The first-order chi connectivity index (χ1) is 16.7. The normalized spacial score (nSPS) is 12.6. The number of rotatable bonds is 8. The second-order valence-electron chi connectivity index (χ2n) is 8.18. The smallest absolute Gasteiger partial charge is 0.169 e. The number of anilines is 3. The maximum absolute atomic E-state index is 6.10. The molecule has 0 saturated heterocycles. The quantitative estimate of drug-likeness (QED) is 0.386. The standard InChI is InChI=1S/C26H27N5O3/c1-31(2)14-16-32-22-5-3-4-6-23(22)34-19-9-7-18(8-10-19)30-26-24-20(28-17-29-26)11-12-21-25(24)33-15-13-27-21/h3-12,17,27H,13-16H2,1-2H3,(H,28,29,30). The largest absolute Gasteiger partial charge is 0.489 e. The molecule has 0 fully saturated rings. The highest BCUT2D eigenvalue weighted by Crippen LogP contribution is 2.39. The molecule has 3 aromatic carbocycles. The van der Waals surface area contributed by atoms with Gasteiger partial charge in [0, 0.05) is 18.8 Å². The fourth-order valence-corrected chi connectivity index (χ4v) is 3.71. The van der Waals surface area contributed by atoms with Crippen molar-refractivity contribution in [2.24, 2.45) is 0 Å². The van der Waals surface area contributed by atoms with Gasteiger partial charge in [0.1, 0.15) is 31.1 Å². The molecule has 1 aliphatic heterocycles. The summed E-state index contributed by atoms with van der Waals surface area (Å²) in [7, 11) is 4.04. The van der Waals surface area contributed by atoms with Crippen LogP contribution in [0.25, 0.3) is 10.9 Å². The van der Waals surface area contributed by atoms with Crippen LogP contribution in [0.5, 0.6) is 23.0 Å². The number of hydrogen-bond donors (Lipinski definition) is 2. The van der Waals surface area contributed by atoms with Crippen molar-refractivity contribution in [1.29, 1.82) is 0 Å². The average Bonchev–Trinajstić information content (AvgIpc) is 2.86. The van der Waals surface area contributed by atoms with Gasteiger partial charge in [-0.05, 0) is 62.6 Å². The van der Waals surface area contributed by atoms with E-state index >= 15 is 0 Å². The van der Waals surface area contributed by atoms with E-state index < -0.39 is 0 Å². The monoisotopic (exact) mass is 457 g/mol. The molecule has 1 aliphatic rings. The van der Waals surface area contributed by atoms with Crippen molar-refractivity contribution in [3.8, 4) is 23.0 Å². The predicted octanol–water partition coefficient (Wildman–Crippen LogP) is 4.91. The summed E-state index contributed by atoms with van der Waals surface area (Å²) in [6, 6.07) is 19.4. The van der Waals surface area contributed by atoms with Gasteiger partial charge < -0.3 is 29.7 Å². The number of fused-ring (bicyclic) bond motifs is 3. The van der Waals surface area contributed by atoms with Crippen molar-refractivity contribution in [3.05, 3.63) is 67.0 Å². The number of benzene rings is 3. The Morgan fingerprint density at radius 3 is 2.65 bits per heavy atom. The van der Waals surface area contributed by atoms with Crippen LogP contribution in [-0.4, -0.2) is 55.3 Å². The number of aromatic nitrogens is 2. The fraction of sp³-hybridized carbons (Fsp3) is 0.231. The number of likely N-dealkylation sites (N-methyl/N-ethyl adjacent to an activating group) is 1. The van der Waals surface area contributed by atoms with Crippen molar-refractivity contribution in [2.45, 2.75) is 0 Å². The molecular formula is C26H27N5O3. The lowest BCUT2D eigenvalue weighted by Gasteiger charge is -2.21. The molecule has 1 aromatic heterocycles. The highest BCUT2D eigenvalue weighted by Gasteiger charge is 2.18. The molecule has 0 aliphatic carbocycles. The van der Waals surface area contributed by atoms with Gasteiger partial charge in [-0.1, -0.05) is 12.1 Å². The summed E-state index contributed by atoms with van der Waals surface area (Å²) in [6.45, 7) is 2.80. The van der Waals surface area contributed by atoms with Crippen LogP contribution in [0, 0.1) is 0 Å². The van der Waals surface area contributed by atoms with Crippen LogP contribution < -0.4 is 24.8 Å². The zero-order chi connectivity index (χ0) is 23.3. The third-order valence-corrected chi connectivity index (χ3v) is 5.41. The summed E-state index contributed by atoms with van der Waals surface area (Å²) in [4.78, 5) is 10.9. The molecule has 4 aromatic rings. The highest BCUT2D eigenvalue weighted by atomic mass is 16.5. The number of para-hydroxylation sites is 2. The van der Waals surface area contributed by atoms with Gasteiger partial charge in [-0.2, -0.15) is 0 Å². The molecular weight excluding hydrogens is 430 g/mol. The third kappa shape index (κ3) is 4.82. The van der Waals surface area contributed by atoms with Gasteiger partial charge in [0.25, 0.3) is 0 Å². The van der Waals surface area contributed by atoms with E-state index in [0.29, 0.717) is 30.5 Å². The molecule has 0 bridgehead atoms. The number of nitrogens with one attached hydrogen (secondary N) is 2. The molecule has 0 radical (unpaired) electrons. The lowest BCUT2D eigenvalue weighted by molar-refractivity contribution is 0.254. The zero-order valence-electron chi connectivity index (χ0n) is 19.2. The van der Waals surface area contributed by atoms with Crippen LogP contribution in [0.1, 0.15) is 0 Å². The number of hydrogen-bond acceptors (Lipinski definition) is 8. The molecule has 8 heteroatoms. The lowest BCUT2D eigenvalue weighted by atomic mass is 10.1. The lowest BCUT2D eigenvalue weighted by Crippen LogP contribution is -2.19. The molecule has 0 atom stereocenters. The van der Waals surface area contributed by atoms with Gasteiger partial charge in [-0.15, -0.1) is 0 Å². The Bertz CT molecular complexity index is 1280.